The minimum Gasteiger partial charge on any atom is -0.411 e. The van der Waals surface area contributed by atoms with Crippen molar-refractivity contribution in [2.24, 2.45) is 10.3 Å². The van der Waals surface area contributed by atoms with Crippen molar-refractivity contribution in [3.05, 3.63) is 270 Å². The van der Waals surface area contributed by atoms with E-state index >= 15 is 0 Å². The fourth-order valence-corrected chi connectivity index (χ4v) is 19.1. The van der Waals surface area contributed by atoms with Crippen LogP contribution in [0.2, 0.25) is 0 Å². The molecule has 142 heavy (non-hydrogen) atoms. The van der Waals surface area contributed by atoms with Gasteiger partial charge in [0.2, 0.25) is 35.9 Å². The van der Waals surface area contributed by atoms with Gasteiger partial charge in [-0.25, -0.2) is 4.79 Å². The summed E-state index contributed by atoms with van der Waals surface area (Å²) in [7, 11) is 0. The third kappa shape index (κ3) is 33.7. The normalized spacial score (nSPS) is 14.8. The highest BCUT2D eigenvalue weighted by atomic mass is 16.7. The lowest BCUT2D eigenvalue weighted by Crippen LogP contribution is -2.22. The predicted molar refractivity (Wildman–Crippen MR) is 567 cm³/mol. The van der Waals surface area contributed by atoms with Gasteiger partial charge >= 0.3 is 5.97 Å². The van der Waals surface area contributed by atoms with Crippen LogP contribution in [0.25, 0.3) is 6.08 Å². The van der Waals surface area contributed by atoms with Crippen molar-refractivity contribution in [1.29, 1.82) is 5.26 Å². The molecule has 0 fully saturated rings. The Morgan fingerprint density at radius 3 is 1.01 bits per heavy atom. The van der Waals surface area contributed by atoms with Crippen molar-refractivity contribution in [3.8, 4) is 6.07 Å². The van der Waals surface area contributed by atoms with Gasteiger partial charge in [0.1, 0.15) is 12.4 Å². The van der Waals surface area contributed by atoms with Crippen LogP contribution in [-0.2, 0) is 86.7 Å². The highest BCUT2D eigenvalue weighted by Gasteiger charge is 2.32. The van der Waals surface area contributed by atoms with Crippen LogP contribution in [0.5, 0.6) is 0 Å². The Bertz CT molecular complexity index is 5560. The summed E-state index contributed by atoms with van der Waals surface area (Å²) in [6.07, 6.45) is 31.6. The minimum atomic E-state index is -0.645. The van der Waals surface area contributed by atoms with Crippen molar-refractivity contribution in [1.82, 2.24) is 0 Å². The first kappa shape index (κ1) is 114. The zero-order chi connectivity index (χ0) is 104. The third-order valence-electron chi connectivity index (χ3n) is 26.8. The summed E-state index contributed by atoms with van der Waals surface area (Å²) in [5, 5.41) is 90.0. The van der Waals surface area contributed by atoms with Gasteiger partial charge in [0.05, 0.1) is 34.3 Å². The molecule has 7 aliphatic rings. The average Bonchev–Trinajstić information content (AvgIpc) is 1.63. The van der Waals surface area contributed by atoms with E-state index in [1.807, 2.05) is 60.7 Å². The number of hydrogen-bond donors (Lipinski definition) is 1. The van der Waals surface area contributed by atoms with Crippen molar-refractivity contribution < 1.29 is 54.0 Å². The molecular formula is C109H150N16O17. The van der Waals surface area contributed by atoms with Crippen LogP contribution in [0.15, 0.2) is 119 Å². The molecule has 0 aromatic heterocycles. The van der Waals surface area contributed by atoms with Gasteiger partial charge in [0.25, 0.3) is 0 Å². The smallest absolute Gasteiger partial charge is 0.331 e. The topological polar surface area (TPSA) is 411 Å². The number of aldehydes is 2. The number of anilines is 7. The van der Waals surface area contributed by atoms with E-state index in [1.165, 1.54) is 110 Å². The highest BCUT2D eigenvalue weighted by molar-refractivity contribution is 5.92. The molecule has 7 heterocycles. The standard InChI is InChI=1S/C18H25N3O4.C16H23N3O3.C16H21N3O2.C16H22N2O3.C15H22N2O2.C15H20N2O2.C13H17NO/c1-4-5-7-20-8-6-16-10-15(9-13(2)21(23)24)11-17(18(16)20)12-19-25-14(3)22;1-3-4-6-18-7-5-14-9-13(8-12(2)19(21)22)10-15(11-17-20)16(14)18;1-3-4-6-18-7-5-14-9-13(8-12(2)19(20)21)10-15(11-17)16(14)18;1-3-4-6-17-7-5-14-9-13(8-12(2)18(20)21)10-15(11-19)16(14)17;2*1-3-4-8-16-9-7-14-11-13(5-6-15(14)16)10-12(2)17(18)19;1-2-3-7-14-8-6-12-9-11(10-15)4-5-13(12)14/h10-13H,4-9H2,1-3H3;9-12,20H,3-8H2,1-2H3;9-10,12H,3-8H2,1-2H3;9-12H,3-8H2,1-2H3;5-6,11-12H,3-4,7-10H2,1-2H3;5-6,10-11H,3-4,7-9H2,1-2H3;4-5,9-10H,2-3,6-8H2,1H3/b19-12+;17-11+;;;;12-10+;. The minimum absolute atomic E-state index is 0.181. The van der Waals surface area contributed by atoms with Crippen LogP contribution in [-0.4, -0.2) is 188 Å². The van der Waals surface area contributed by atoms with Gasteiger partial charge in [-0.3, -0.25) is 70.3 Å². The maximum Gasteiger partial charge on any atom is 0.331 e. The number of hydrogen-bond acceptors (Lipinski definition) is 27. The van der Waals surface area contributed by atoms with Crippen LogP contribution in [0.4, 0.5) is 39.8 Å². The van der Waals surface area contributed by atoms with Crippen LogP contribution in [0.3, 0.4) is 0 Å². The monoisotopic (exact) mass is 1960 g/mol. The van der Waals surface area contributed by atoms with E-state index in [0.29, 0.717) is 43.2 Å². The van der Waals surface area contributed by atoms with E-state index in [-0.39, 0.29) is 35.2 Å². The number of allylic oxidation sites excluding steroid dienone is 1. The first-order valence-corrected chi connectivity index (χ1v) is 51.1. The number of unbranched alkanes of at least 4 members (excludes halogenated alkanes) is 7. The maximum absolute atomic E-state index is 11.4. The Hall–Kier alpha value is -13.3. The summed E-state index contributed by atoms with van der Waals surface area (Å²) in [6, 6.07) is 33.4. The fourth-order valence-electron chi connectivity index (χ4n) is 19.1. The first-order valence-electron chi connectivity index (χ1n) is 51.1. The molecule has 0 saturated carbocycles. The first-order chi connectivity index (χ1) is 68.2. The predicted octanol–water partition coefficient (Wildman–Crippen LogP) is 20.8. The number of fused-ring (bicyclic) bond motifs is 7. The number of nitrogens with zero attached hydrogens (tertiary/aromatic N) is 16. The van der Waals surface area contributed by atoms with Crippen molar-refractivity contribution in [3.63, 3.8) is 0 Å². The molecule has 0 amide bonds. The number of carbonyl (C=O) groups excluding carboxylic acids is 3. The SMILES string of the molecule is CCCCN1CCc2cc(/C=C(\C)[N+](=O)[O-])ccc21.CCCCN1CCc2cc(C=O)ccc21.CCCCN1CCc2cc(CC(C)[N+](=O)[O-])cc(/C=N/O)c21.CCCCN1CCc2cc(CC(C)[N+](=O)[O-])cc(/C=N/OC(C)=O)c21.CCCCN1CCc2cc(CC(C)[N+](=O)[O-])cc(C#N)c21.CCCCN1CCc2cc(CC(C)[N+](=O)[O-])cc(C=O)c21.CCCCN1CCc2cc(CC(C)[N+](=O)[O-])ccc21. The molecular weight excluding hydrogens is 1810 g/mol. The Labute approximate surface area is 837 Å². The lowest BCUT2D eigenvalue weighted by Gasteiger charge is -2.21. The number of carbonyl (C=O) groups is 3. The van der Waals surface area contributed by atoms with Gasteiger partial charge in [-0.2, -0.15) is 5.26 Å². The maximum atomic E-state index is 11.4. The largest absolute Gasteiger partial charge is 0.411 e. The van der Waals surface area contributed by atoms with E-state index in [2.05, 4.69) is 146 Å². The van der Waals surface area contributed by atoms with E-state index in [1.54, 1.807) is 40.7 Å². The second-order valence-corrected chi connectivity index (χ2v) is 38.2. The van der Waals surface area contributed by atoms with Crippen molar-refractivity contribution in [2.45, 2.75) is 294 Å². The van der Waals surface area contributed by atoms with Gasteiger partial charge < -0.3 is 44.3 Å². The Balaban J connectivity index is 0.000000203. The van der Waals surface area contributed by atoms with Crippen LogP contribution in [0, 0.1) is 72.0 Å². The van der Waals surface area contributed by atoms with Crippen LogP contribution < -0.4 is 34.3 Å². The summed E-state index contributed by atoms with van der Waals surface area (Å²) >= 11 is 0. The molecule has 1 N–H and O–H groups in total. The molecule has 5 unspecified atom stereocenters. The average molecular weight is 1960 g/mol. The molecule has 7 aliphatic heterocycles. The van der Waals surface area contributed by atoms with Gasteiger partial charge in [-0.05, 0) is 223 Å². The van der Waals surface area contributed by atoms with Crippen molar-refractivity contribution in [2.75, 3.05) is 126 Å². The Kier molecular flexibility index (Phi) is 46.7. The third-order valence-corrected chi connectivity index (χ3v) is 26.8. The van der Waals surface area contributed by atoms with Gasteiger partial charge in [-0.1, -0.05) is 146 Å². The fraction of sp³-hybridized carbons (Fsp3) is 0.541. The highest BCUT2D eigenvalue weighted by Crippen LogP contribution is 2.40. The number of rotatable bonds is 43. The van der Waals surface area contributed by atoms with Gasteiger partial charge in [0.15, 0.2) is 6.29 Å². The van der Waals surface area contributed by atoms with E-state index in [4.69, 9.17) is 5.21 Å². The summed E-state index contributed by atoms with van der Waals surface area (Å²) in [4.78, 5) is 117. The summed E-state index contributed by atoms with van der Waals surface area (Å²) in [6.45, 7) is 40.4. The van der Waals surface area contributed by atoms with E-state index in [0.717, 1.165) is 284 Å². The summed E-state index contributed by atoms with van der Waals surface area (Å²) in [5.74, 6) is -0.478. The summed E-state index contributed by atoms with van der Waals surface area (Å²) in [5.41, 5.74) is 26.5. The zero-order valence-corrected chi connectivity index (χ0v) is 86.0. The van der Waals surface area contributed by atoms with E-state index in [9.17, 15) is 80.3 Å². The molecule has 33 nitrogen and oxygen atoms in total. The van der Waals surface area contributed by atoms with Gasteiger partial charge in [0, 0.05) is 254 Å². The molecule has 768 valence electrons. The number of nitriles is 1. The number of oxime groups is 2. The lowest BCUT2D eigenvalue weighted by atomic mass is 9.99. The second-order valence-electron chi connectivity index (χ2n) is 38.2. The molecule has 0 saturated heterocycles. The van der Waals surface area contributed by atoms with Crippen molar-refractivity contribution >= 4 is 76.9 Å². The number of benzene rings is 7. The second kappa shape index (κ2) is 58.2. The molecule has 7 aromatic carbocycles. The Morgan fingerprint density at radius 1 is 0.380 bits per heavy atom. The molecule has 33 heteroatoms. The molecule has 0 spiro atoms. The zero-order valence-electron chi connectivity index (χ0n) is 86.0. The quantitative estimate of drug-likeness (QED) is 0.00926. The van der Waals surface area contributed by atoms with E-state index < -0.39 is 36.2 Å². The van der Waals surface area contributed by atoms with Crippen LogP contribution >= 0.6 is 0 Å². The van der Waals surface area contributed by atoms with Gasteiger partial charge in [-0.15, -0.1) is 0 Å². The lowest BCUT2D eigenvalue weighted by molar-refractivity contribution is -0.517. The Morgan fingerprint density at radius 2 is 0.669 bits per heavy atom. The van der Waals surface area contributed by atoms with Crippen LogP contribution in [0.1, 0.15) is 297 Å². The summed E-state index contributed by atoms with van der Waals surface area (Å²) < 4.78 is 0. The molecule has 14 rings (SSSR count). The molecule has 5 atom stereocenters. The number of nitro groups is 6. The molecule has 0 radical (unpaired) electrons. The molecule has 0 aliphatic carbocycles. The molecule has 7 aromatic rings. The molecule has 0 bridgehead atoms.